The zero-order valence-electron chi connectivity index (χ0n) is 12.0. The van der Waals surface area contributed by atoms with Gasteiger partial charge >= 0.3 is 0 Å². The van der Waals surface area contributed by atoms with E-state index in [0.717, 1.165) is 16.7 Å². The Labute approximate surface area is 125 Å². The monoisotopic (exact) mass is 290 g/mol. The normalized spacial score (nSPS) is 13.8. The third-order valence-electron chi connectivity index (χ3n) is 3.43. The molecule has 3 heteroatoms. The summed E-state index contributed by atoms with van der Waals surface area (Å²) in [6.07, 6.45) is 0.437. The third-order valence-corrected chi connectivity index (χ3v) is 3.78. The minimum atomic E-state index is -1.04. The van der Waals surface area contributed by atoms with Gasteiger partial charge in [0, 0.05) is 17.0 Å². The van der Waals surface area contributed by atoms with Crippen LogP contribution in [0.25, 0.3) is 0 Å². The summed E-state index contributed by atoms with van der Waals surface area (Å²) in [7, 11) is 1.60. The Morgan fingerprint density at radius 1 is 1.20 bits per heavy atom. The summed E-state index contributed by atoms with van der Waals surface area (Å²) >= 11 is 6.25. The molecular formula is C17H19ClO2. The number of para-hydroxylation sites is 1. The summed E-state index contributed by atoms with van der Waals surface area (Å²) < 4.78 is 5.33. The van der Waals surface area contributed by atoms with Crippen molar-refractivity contribution in [2.45, 2.75) is 25.9 Å². The van der Waals surface area contributed by atoms with Crippen molar-refractivity contribution in [2.24, 2.45) is 0 Å². The Kier molecular flexibility index (Phi) is 4.36. The third kappa shape index (κ3) is 3.14. The molecule has 0 saturated carbocycles. The highest BCUT2D eigenvalue weighted by atomic mass is 35.5. The van der Waals surface area contributed by atoms with Gasteiger partial charge in [0.2, 0.25) is 0 Å². The second kappa shape index (κ2) is 5.86. The molecule has 2 aromatic carbocycles. The van der Waals surface area contributed by atoms with Gasteiger partial charge in [0.15, 0.2) is 0 Å². The first kappa shape index (κ1) is 14.9. The number of hydrogen-bond acceptors (Lipinski definition) is 2. The number of methoxy groups -OCH3 is 1. The maximum atomic E-state index is 10.8. The van der Waals surface area contributed by atoms with Gasteiger partial charge in [0.1, 0.15) is 5.75 Å². The summed E-state index contributed by atoms with van der Waals surface area (Å²) in [6.45, 7) is 3.77. The maximum absolute atomic E-state index is 10.8. The molecule has 2 aromatic rings. The van der Waals surface area contributed by atoms with Crippen molar-refractivity contribution < 1.29 is 9.84 Å². The van der Waals surface area contributed by atoms with Gasteiger partial charge in [-0.05, 0) is 37.1 Å². The molecule has 0 fully saturated rings. The van der Waals surface area contributed by atoms with Crippen LogP contribution < -0.4 is 4.74 Å². The molecule has 2 rings (SSSR count). The first-order chi connectivity index (χ1) is 9.44. The summed E-state index contributed by atoms with van der Waals surface area (Å²) in [5.41, 5.74) is 1.76. The largest absolute Gasteiger partial charge is 0.496 e. The minimum Gasteiger partial charge on any atom is -0.496 e. The van der Waals surface area contributed by atoms with Crippen LogP contribution in [0.2, 0.25) is 5.02 Å². The van der Waals surface area contributed by atoms with Crippen LogP contribution in [-0.4, -0.2) is 12.2 Å². The van der Waals surface area contributed by atoms with Gasteiger partial charge in [0.25, 0.3) is 0 Å². The van der Waals surface area contributed by atoms with Crippen LogP contribution in [0.5, 0.6) is 5.75 Å². The van der Waals surface area contributed by atoms with Crippen molar-refractivity contribution in [3.05, 3.63) is 64.2 Å². The zero-order chi connectivity index (χ0) is 14.8. The highest BCUT2D eigenvalue weighted by Gasteiger charge is 2.27. The van der Waals surface area contributed by atoms with Gasteiger partial charge in [-0.2, -0.15) is 0 Å². The Balaban J connectivity index is 2.35. The average Bonchev–Trinajstić information content (AvgIpc) is 2.42. The van der Waals surface area contributed by atoms with Crippen molar-refractivity contribution in [1.82, 2.24) is 0 Å². The number of rotatable bonds is 4. The molecule has 0 aromatic heterocycles. The predicted molar refractivity (Wildman–Crippen MR) is 82.5 cm³/mol. The van der Waals surface area contributed by atoms with E-state index in [2.05, 4.69) is 0 Å². The van der Waals surface area contributed by atoms with Crippen molar-refractivity contribution >= 4 is 11.6 Å². The second-order valence-corrected chi connectivity index (χ2v) is 5.65. The molecule has 20 heavy (non-hydrogen) atoms. The van der Waals surface area contributed by atoms with E-state index in [4.69, 9.17) is 16.3 Å². The fourth-order valence-electron chi connectivity index (χ4n) is 2.35. The lowest BCUT2D eigenvalue weighted by molar-refractivity contribution is 0.0550. The van der Waals surface area contributed by atoms with Crippen molar-refractivity contribution in [3.8, 4) is 5.75 Å². The lowest BCUT2D eigenvalue weighted by Crippen LogP contribution is -2.25. The van der Waals surface area contributed by atoms with E-state index in [9.17, 15) is 5.11 Å². The van der Waals surface area contributed by atoms with Crippen LogP contribution in [0.3, 0.4) is 0 Å². The van der Waals surface area contributed by atoms with Crippen LogP contribution in [0.1, 0.15) is 23.6 Å². The van der Waals surface area contributed by atoms with E-state index in [-0.39, 0.29) is 0 Å². The van der Waals surface area contributed by atoms with Crippen LogP contribution in [-0.2, 0) is 12.0 Å². The van der Waals surface area contributed by atoms with Crippen LogP contribution in [0, 0.1) is 6.92 Å². The molecule has 0 spiro atoms. The molecule has 106 valence electrons. The fraction of sp³-hybridized carbons (Fsp3) is 0.294. The Morgan fingerprint density at radius 3 is 2.55 bits per heavy atom. The lowest BCUT2D eigenvalue weighted by Gasteiger charge is -2.26. The van der Waals surface area contributed by atoms with Crippen molar-refractivity contribution in [2.75, 3.05) is 7.11 Å². The highest BCUT2D eigenvalue weighted by molar-refractivity contribution is 6.31. The van der Waals surface area contributed by atoms with E-state index >= 15 is 0 Å². The second-order valence-electron chi connectivity index (χ2n) is 5.25. The standard InChI is InChI=1S/C17H19ClO2/c1-12-8-9-13(15(18)10-12)11-17(2,19)14-6-4-5-7-16(14)20-3/h4-10,19H,11H2,1-3H3. The van der Waals surface area contributed by atoms with Gasteiger partial charge in [0.05, 0.1) is 12.7 Å². The van der Waals surface area contributed by atoms with Crippen LogP contribution in [0.15, 0.2) is 42.5 Å². The number of aliphatic hydroxyl groups is 1. The SMILES string of the molecule is COc1ccccc1C(C)(O)Cc1ccc(C)cc1Cl. The first-order valence-corrected chi connectivity index (χ1v) is 6.93. The summed E-state index contributed by atoms with van der Waals surface area (Å²) in [5.74, 6) is 0.681. The molecular weight excluding hydrogens is 272 g/mol. The molecule has 2 nitrogen and oxygen atoms in total. The van der Waals surface area contributed by atoms with E-state index in [1.165, 1.54) is 0 Å². The average molecular weight is 291 g/mol. The number of benzene rings is 2. The maximum Gasteiger partial charge on any atom is 0.124 e. The molecule has 1 unspecified atom stereocenters. The molecule has 1 N–H and O–H groups in total. The molecule has 0 bridgehead atoms. The molecule has 0 heterocycles. The Morgan fingerprint density at radius 2 is 1.90 bits per heavy atom. The van der Waals surface area contributed by atoms with Gasteiger partial charge in [-0.25, -0.2) is 0 Å². The lowest BCUT2D eigenvalue weighted by atomic mass is 9.88. The molecule has 0 amide bonds. The first-order valence-electron chi connectivity index (χ1n) is 6.55. The minimum absolute atomic E-state index is 0.437. The smallest absolute Gasteiger partial charge is 0.124 e. The number of halogens is 1. The summed E-state index contributed by atoms with van der Waals surface area (Å²) in [5, 5.41) is 11.5. The van der Waals surface area contributed by atoms with Crippen LogP contribution in [0.4, 0.5) is 0 Å². The molecule has 0 aliphatic rings. The van der Waals surface area contributed by atoms with E-state index in [1.807, 2.05) is 49.4 Å². The summed E-state index contributed by atoms with van der Waals surface area (Å²) in [6, 6.07) is 13.4. The fourth-order valence-corrected chi connectivity index (χ4v) is 2.65. The molecule has 0 aliphatic carbocycles. The topological polar surface area (TPSA) is 29.5 Å². The van der Waals surface area contributed by atoms with Gasteiger partial charge < -0.3 is 9.84 Å². The van der Waals surface area contributed by atoms with Crippen molar-refractivity contribution in [1.29, 1.82) is 0 Å². The van der Waals surface area contributed by atoms with E-state index in [1.54, 1.807) is 14.0 Å². The van der Waals surface area contributed by atoms with Gasteiger partial charge in [-0.3, -0.25) is 0 Å². The molecule has 1 atom stereocenters. The predicted octanol–water partition coefficient (Wildman–Crippen LogP) is 4.11. The Bertz CT molecular complexity index is 606. The number of hydrogen-bond donors (Lipinski definition) is 1. The van der Waals surface area contributed by atoms with Crippen molar-refractivity contribution in [3.63, 3.8) is 0 Å². The highest BCUT2D eigenvalue weighted by Crippen LogP contribution is 2.34. The number of aryl methyl sites for hydroxylation is 1. The van der Waals surface area contributed by atoms with Gasteiger partial charge in [-0.15, -0.1) is 0 Å². The molecule has 0 radical (unpaired) electrons. The van der Waals surface area contributed by atoms with E-state index < -0.39 is 5.60 Å². The summed E-state index contributed by atoms with van der Waals surface area (Å²) in [4.78, 5) is 0. The van der Waals surface area contributed by atoms with Gasteiger partial charge in [-0.1, -0.05) is 41.9 Å². The quantitative estimate of drug-likeness (QED) is 0.918. The van der Waals surface area contributed by atoms with Crippen LogP contribution >= 0.6 is 11.6 Å². The number of ether oxygens (including phenoxy) is 1. The zero-order valence-corrected chi connectivity index (χ0v) is 12.7. The van der Waals surface area contributed by atoms with E-state index in [0.29, 0.717) is 17.2 Å². The molecule has 0 saturated heterocycles. The Hall–Kier alpha value is -1.51. The molecule has 0 aliphatic heterocycles.